The SMILES string of the molecule is CCC(CC)C(=O)/C=C(\O)C(CC)CC.[Ir].[c-]1ccncc1Oc1nccc2c1ccc1ccccc12. The first kappa shape index (κ1) is 30.1. The number of ether oxygens (including phenoxy) is 1. The van der Waals surface area contributed by atoms with Gasteiger partial charge in [-0.1, -0.05) is 64.2 Å². The number of ketones is 1. The Labute approximate surface area is 233 Å². The molecule has 2 heterocycles. The van der Waals surface area contributed by atoms with Crippen LogP contribution in [0.4, 0.5) is 0 Å². The van der Waals surface area contributed by atoms with Crippen molar-refractivity contribution < 1.29 is 34.7 Å². The Hall–Kier alpha value is -3.08. The van der Waals surface area contributed by atoms with Crippen LogP contribution in [0.25, 0.3) is 21.5 Å². The van der Waals surface area contributed by atoms with Crippen LogP contribution >= 0.6 is 0 Å². The summed E-state index contributed by atoms with van der Waals surface area (Å²) in [4.78, 5) is 20.1. The molecule has 0 aliphatic heterocycles. The minimum atomic E-state index is 0. The number of hydrogen-bond acceptors (Lipinski definition) is 5. The summed E-state index contributed by atoms with van der Waals surface area (Å²) in [6, 6.07) is 19.1. The Morgan fingerprint density at radius 2 is 1.62 bits per heavy atom. The fourth-order valence-corrected chi connectivity index (χ4v) is 4.24. The van der Waals surface area contributed by atoms with Gasteiger partial charge in [-0.2, -0.15) is 6.07 Å². The predicted octanol–water partition coefficient (Wildman–Crippen LogP) is 8.24. The van der Waals surface area contributed by atoms with Gasteiger partial charge in [0.15, 0.2) is 5.78 Å². The summed E-state index contributed by atoms with van der Waals surface area (Å²) in [6.07, 6.45) is 9.96. The van der Waals surface area contributed by atoms with E-state index in [4.69, 9.17) is 4.74 Å². The minimum Gasteiger partial charge on any atom is -0.512 e. The molecule has 4 rings (SSSR count). The zero-order valence-corrected chi connectivity index (χ0v) is 24.3. The summed E-state index contributed by atoms with van der Waals surface area (Å²) in [5.41, 5.74) is 0. The smallest absolute Gasteiger partial charge is 0.224 e. The van der Waals surface area contributed by atoms with Crippen LogP contribution in [0, 0.1) is 17.9 Å². The molecule has 0 saturated carbocycles. The van der Waals surface area contributed by atoms with Crippen LogP contribution in [0.2, 0.25) is 0 Å². The Bertz CT molecular complexity index is 1300. The van der Waals surface area contributed by atoms with E-state index in [0.29, 0.717) is 11.6 Å². The number of benzene rings is 2. The van der Waals surface area contributed by atoms with E-state index in [1.54, 1.807) is 24.7 Å². The van der Waals surface area contributed by atoms with Crippen molar-refractivity contribution in [2.24, 2.45) is 11.8 Å². The van der Waals surface area contributed by atoms with Gasteiger partial charge in [0.2, 0.25) is 5.88 Å². The molecule has 6 heteroatoms. The summed E-state index contributed by atoms with van der Waals surface area (Å²) in [5.74, 6) is 1.68. The summed E-state index contributed by atoms with van der Waals surface area (Å²) >= 11 is 0. The van der Waals surface area contributed by atoms with Crippen molar-refractivity contribution in [1.29, 1.82) is 0 Å². The van der Waals surface area contributed by atoms with Gasteiger partial charge in [0.05, 0.1) is 5.76 Å². The summed E-state index contributed by atoms with van der Waals surface area (Å²) in [5, 5.41) is 14.3. The van der Waals surface area contributed by atoms with Crippen LogP contribution in [0.1, 0.15) is 53.4 Å². The molecular formula is C31H35IrN2O3-. The van der Waals surface area contributed by atoms with Crippen LogP contribution < -0.4 is 4.74 Å². The van der Waals surface area contributed by atoms with E-state index in [-0.39, 0.29) is 43.5 Å². The van der Waals surface area contributed by atoms with Gasteiger partial charge in [-0.15, -0.1) is 6.07 Å². The predicted molar refractivity (Wildman–Crippen MR) is 146 cm³/mol. The van der Waals surface area contributed by atoms with Crippen molar-refractivity contribution >= 4 is 27.3 Å². The standard InChI is InChI=1S/C18H11N2O.C13H24O2.Ir/c1-2-6-15-13(4-1)7-8-17-16(15)9-11-20-18(17)21-14-5-3-10-19-12-14;1-5-10(6-2)12(14)9-13(15)11(7-3)8-4;/h1-4,6-12H;9-11,14H,5-8H2,1-4H3;/q-1;;/b;12-9-;. The molecule has 0 saturated heterocycles. The first-order valence-electron chi connectivity index (χ1n) is 12.7. The van der Waals surface area contributed by atoms with Crippen molar-refractivity contribution in [2.45, 2.75) is 53.4 Å². The normalized spacial score (nSPS) is 11.2. The Morgan fingerprint density at radius 3 is 2.27 bits per heavy atom. The van der Waals surface area contributed by atoms with Crippen LogP contribution in [0.15, 0.2) is 79.0 Å². The summed E-state index contributed by atoms with van der Waals surface area (Å²) < 4.78 is 5.81. The number of aromatic nitrogens is 2. The van der Waals surface area contributed by atoms with E-state index in [0.717, 1.165) is 36.5 Å². The number of carbonyl (C=O) groups is 1. The van der Waals surface area contributed by atoms with Crippen molar-refractivity contribution in [3.8, 4) is 11.6 Å². The molecule has 4 aromatic rings. The molecule has 0 fully saturated rings. The summed E-state index contributed by atoms with van der Waals surface area (Å²) in [7, 11) is 0. The maximum absolute atomic E-state index is 11.7. The number of hydrogen-bond donors (Lipinski definition) is 1. The average Bonchev–Trinajstić information content (AvgIpc) is 2.91. The zero-order valence-electron chi connectivity index (χ0n) is 21.9. The van der Waals surface area contributed by atoms with Gasteiger partial charge < -0.3 is 14.8 Å². The van der Waals surface area contributed by atoms with Crippen LogP contribution in [0.5, 0.6) is 11.6 Å². The molecule has 197 valence electrons. The number of nitrogens with zero attached hydrogens (tertiary/aromatic N) is 2. The van der Waals surface area contributed by atoms with Gasteiger partial charge in [-0.3, -0.25) is 4.79 Å². The summed E-state index contributed by atoms with van der Waals surface area (Å²) in [6.45, 7) is 8.07. The van der Waals surface area contributed by atoms with E-state index in [1.165, 1.54) is 16.8 Å². The van der Waals surface area contributed by atoms with Crippen molar-refractivity contribution in [1.82, 2.24) is 9.97 Å². The second-order valence-corrected chi connectivity index (χ2v) is 8.70. The molecule has 5 nitrogen and oxygen atoms in total. The number of rotatable bonds is 9. The molecule has 2 aromatic carbocycles. The van der Waals surface area contributed by atoms with Gasteiger partial charge >= 0.3 is 0 Å². The third-order valence-electron chi connectivity index (χ3n) is 6.50. The number of carbonyl (C=O) groups excluding carboxylic acids is 1. The van der Waals surface area contributed by atoms with E-state index < -0.39 is 0 Å². The number of pyridine rings is 2. The second-order valence-electron chi connectivity index (χ2n) is 8.70. The quantitative estimate of drug-likeness (QED) is 0.0838. The molecule has 0 bridgehead atoms. The molecule has 1 radical (unpaired) electrons. The third kappa shape index (κ3) is 7.95. The van der Waals surface area contributed by atoms with Gasteiger partial charge in [0, 0.05) is 55.3 Å². The van der Waals surface area contributed by atoms with E-state index in [9.17, 15) is 9.90 Å². The van der Waals surface area contributed by atoms with Gasteiger partial charge in [0.1, 0.15) is 0 Å². The molecule has 0 aliphatic carbocycles. The molecule has 0 amide bonds. The Morgan fingerprint density at radius 1 is 0.919 bits per heavy atom. The number of fused-ring (bicyclic) bond motifs is 3. The molecule has 0 aliphatic rings. The van der Waals surface area contributed by atoms with Crippen molar-refractivity contribution in [3.05, 3.63) is 85.0 Å². The topological polar surface area (TPSA) is 72.3 Å². The first-order chi connectivity index (χ1) is 17.5. The van der Waals surface area contributed by atoms with E-state index in [2.05, 4.69) is 34.2 Å². The van der Waals surface area contributed by atoms with Crippen LogP contribution in [-0.2, 0) is 24.9 Å². The monoisotopic (exact) mass is 676 g/mol. The molecule has 0 unspecified atom stereocenters. The van der Waals surface area contributed by atoms with Gasteiger partial charge in [-0.25, -0.2) is 4.98 Å². The molecule has 0 spiro atoms. The van der Waals surface area contributed by atoms with Gasteiger partial charge in [0.25, 0.3) is 0 Å². The Balaban J connectivity index is 0.000000271. The van der Waals surface area contributed by atoms with Crippen LogP contribution in [-0.4, -0.2) is 20.9 Å². The molecule has 0 atom stereocenters. The number of aliphatic hydroxyl groups excluding tert-OH is 1. The van der Waals surface area contributed by atoms with Gasteiger partial charge in [-0.05, 0) is 60.2 Å². The number of allylic oxidation sites excluding steroid dienone is 2. The van der Waals surface area contributed by atoms with E-state index >= 15 is 0 Å². The van der Waals surface area contributed by atoms with Crippen LogP contribution in [0.3, 0.4) is 0 Å². The zero-order chi connectivity index (χ0) is 25.9. The largest absolute Gasteiger partial charge is 0.512 e. The maximum atomic E-state index is 11.7. The molecule has 2 aromatic heterocycles. The molecule has 37 heavy (non-hydrogen) atoms. The molecular weight excluding hydrogens is 641 g/mol. The minimum absolute atomic E-state index is 0. The molecule has 1 N–H and O–H groups in total. The average molecular weight is 676 g/mol. The first-order valence-corrected chi connectivity index (χ1v) is 12.7. The second kappa shape index (κ2) is 15.2. The maximum Gasteiger partial charge on any atom is 0.224 e. The van der Waals surface area contributed by atoms with E-state index in [1.807, 2.05) is 52.0 Å². The number of aliphatic hydroxyl groups is 1. The third-order valence-corrected chi connectivity index (χ3v) is 6.50. The van der Waals surface area contributed by atoms with Crippen molar-refractivity contribution in [3.63, 3.8) is 0 Å². The Kier molecular flexibility index (Phi) is 12.4. The van der Waals surface area contributed by atoms with Crippen molar-refractivity contribution in [2.75, 3.05) is 0 Å². The fraction of sp³-hybridized carbons (Fsp3) is 0.323. The fourth-order valence-electron chi connectivity index (χ4n) is 4.24.